The highest BCUT2D eigenvalue weighted by Crippen LogP contribution is 2.31. The van der Waals surface area contributed by atoms with Gasteiger partial charge in [0.25, 0.3) is 11.7 Å². The number of carbonyl (C=O) groups excluding carboxylic acids is 2. The lowest BCUT2D eigenvalue weighted by molar-refractivity contribution is -0.156. The van der Waals surface area contributed by atoms with Crippen LogP contribution in [-0.2, 0) is 14.4 Å². The van der Waals surface area contributed by atoms with E-state index in [9.17, 15) is 24.6 Å². The average Bonchev–Trinajstić information content (AvgIpc) is 2.53. The Labute approximate surface area is 129 Å². The van der Waals surface area contributed by atoms with Gasteiger partial charge in [-0.25, -0.2) is 4.79 Å². The van der Waals surface area contributed by atoms with E-state index < -0.39 is 23.3 Å². The predicted molar refractivity (Wildman–Crippen MR) is 78.9 cm³/mol. The van der Waals surface area contributed by atoms with E-state index in [0.29, 0.717) is 44.3 Å². The maximum absolute atomic E-state index is 12.5. The molecule has 1 fully saturated rings. The number of rotatable bonds is 4. The number of aliphatic carboxylic acids is 1. The van der Waals surface area contributed by atoms with Crippen molar-refractivity contribution in [3.63, 3.8) is 0 Å². The molecule has 0 aromatic rings. The maximum Gasteiger partial charge on any atom is 0.333 e. The summed E-state index contributed by atoms with van der Waals surface area (Å²) < 4.78 is 0. The number of carboxylic acids is 1. The van der Waals surface area contributed by atoms with Crippen LogP contribution in [0.1, 0.15) is 58.3 Å². The topological polar surface area (TPSA) is 94.9 Å². The molecule has 22 heavy (non-hydrogen) atoms. The molecule has 0 aromatic carbocycles. The molecule has 0 spiro atoms. The zero-order valence-corrected chi connectivity index (χ0v) is 12.9. The lowest BCUT2D eigenvalue weighted by atomic mass is 9.81. The Bertz CT molecular complexity index is 517. The van der Waals surface area contributed by atoms with Crippen LogP contribution in [0.2, 0.25) is 0 Å². The van der Waals surface area contributed by atoms with E-state index in [-0.39, 0.29) is 5.57 Å². The number of Topliss-reactive ketones (excluding diaryl/α,β-unsaturated/α-hetero) is 1. The summed E-state index contributed by atoms with van der Waals surface area (Å²) in [5, 5.41) is 19.7. The number of hydrogen-bond acceptors (Lipinski definition) is 4. The first kappa shape index (κ1) is 16.7. The van der Waals surface area contributed by atoms with E-state index in [2.05, 4.69) is 0 Å². The van der Waals surface area contributed by atoms with Crippen molar-refractivity contribution in [3.8, 4) is 0 Å². The largest absolute Gasteiger partial charge is 0.478 e. The minimum absolute atomic E-state index is 0.200. The summed E-state index contributed by atoms with van der Waals surface area (Å²) in [6, 6.07) is 0. The van der Waals surface area contributed by atoms with Gasteiger partial charge in [-0.05, 0) is 32.1 Å². The van der Waals surface area contributed by atoms with Crippen molar-refractivity contribution in [2.45, 2.75) is 63.9 Å². The molecular formula is C16H23NO5. The molecule has 1 aliphatic carbocycles. The number of nitrogens with zero attached hydrogens (tertiary/aromatic N) is 1. The third-order valence-electron chi connectivity index (χ3n) is 4.62. The number of ketones is 1. The van der Waals surface area contributed by atoms with Crippen LogP contribution in [-0.4, -0.2) is 44.9 Å². The summed E-state index contributed by atoms with van der Waals surface area (Å²) in [6.07, 6.45) is 4.32. The van der Waals surface area contributed by atoms with Gasteiger partial charge in [-0.15, -0.1) is 0 Å². The van der Waals surface area contributed by atoms with Crippen molar-refractivity contribution in [1.29, 1.82) is 0 Å². The van der Waals surface area contributed by atoms with Crippen LogP contribution in [0.15, 0.2) is 11.3 Å². The first-order valence-electron chi connectivity index (χ1n) is 7.94. The molecule has 1 saturated carbocycles. The molecule has 0 unspecified atom stereocenters. The van der Waals surface area contributed by atoms with E-state index in [4.69, 9.17) is 0 Å². The van der Waals surface area contributed by atoms with Crippen LogP contribution in [0.4, 0.5) is 0 Å². The second kappa shape index (κ2) is 6.60. The quantitative estimate of drug-likeness (QED) is 0.770. The highest BCUT2D eigenvalue weighted by Gasteiger charge is 2.43. The van der Waals surface area contributed by atoms with Crippen molar-refractivity contribution in [3.05, 3.63) is 11.3 Å². The number of amides is 1. The first-order chi connectivity index (χ1) is 10.4. The maximum atomic E-state index is 12.5. The fraction of sp³-hybridized carbons (Fsp3) is 0.688. The SMILES string of the molecule is CCC1=C(C(=O)O)CCCN1C(=O)C(=O)C1(O)CCCCC1. The molecule has 1 aliphatic heterocycles. The number of hydrogen-bond donors (Lipinski definition) is 2. The molecule has 2 N–H and O–H groups in total. The summed E-state index contributed by atoms with van der Waals surface area (Å²) in [4.78, 5) is 37.5. The van der Waals surface area contributed by atoms with E-state index >= 15 is 0 Å². The predicted octanol–water partition coefficient (Wildman–Crippen LogP) is 1.62. The van der Waals surface area contributed by atoms with Crippen molar-refractivity contribution in [2.24, 2.45) is 0 Å². The third kappa shape index (κ3) is 3.06. The van der Waals surface area contributed by atoms with Gasteiger partial charge in [-0.3, -0.25) is 9.59 Å². The van der Waals surface area contributed by atoms with Gasteiger partial charge >= 0.3 is 5.97 Å². The molecule has 1 amide bonds. The molecule has 0 bridgehead atoms. The Balaban J connectivity index is 2.25. The molecule has 6 nitrogen and oxygen atoms in total. The fourth-order valence-electron chi connectivity index (χ4n) is 3.40. The number of carbonyl (C=O) groups is 3. The van der Waals surface area contributed by atoms with Crippen molar-refractivity contribution >= 4 is 17.7 Å². The zero-order chi connectivity index (χ0) is 16.3. The minimum atomic E-state index is -1.57. The highest BCUT2D eigenvalue weighted by atomic mass is 16.4. The second-order valence-electron chi connectivity index (χ2n) is 6.07. The van der Waals surface area contributed by atoms with Crippen LogP contribution >= 0.6 is 0 Å². The Morgan fingerprint density at radius 2 is 1.77 bits per heavy atom. The number of aliphatic hydroxyl groups is 1. The molecule has 1 heterocycles. The van der Waals surface area contributed by atoms with E-state index in [1.807, 2.05) is 0 Å². The van der Waals surface area contributed by atoms with Gasteiger partial charge in [0, 0.05) is 12.2 Å². The molecule has 0 atom stereocenters. The molecule has 0 saturated heterocycles. The van der Waals surface area contributed by atoms with Crippen molar-refractivity contribution in [1.82, 2.24) is 4.90 Å². The summed E-state index contributed by atoms with van der Waals surface area (Å²) >= 11 is 0. The molecule has 2 rings (SSSR count). The van der Waals surface area contributed by atoms with E-state index in [1.165, 1.54) is 4.90 Å². The fourth-order valence-corrected chi connectivity index (χ4v) is 3.40. The summed E-state index contributed by atoms with van der Waals surface area (Å²) in [5.74, 6) is -2.59. The van der Waals surface area contributed by atoms with Gasteiger partial charge < -0.3 is 15.1 Å². The van der Waals surface area contributed by atoms with Crippen LogP contribution in [0.25, 0.3) is 0 Å². The first-order valence-corrected chi connectivity index (χ1v) is 7.94. The lowest BCUT2D eigenvalue weighted by Crippen LogP contribution is -2.51. The van der Waals surface area contributed by atoms with Crippen LogP contribution in [0.5, 0.6) is 0 Å². The van der Waals surface area contributed by atoms with Crippen molar-refractivity contribution < 1.29 is 24.6 Å². The standard InChI is InChI=1S/C16H23NO5/c1-2-12-11(15(20)21)7-6-10-17(12)14(19)13(18)16(22)8-4-3-5-9-16/h22H,2-10H2,1H3,(H,20,21). The normalized spacial score (nSPS) is 21.6. The smallest absolute Gasteiger partial charge is 0.333 e. The van der Waals surface area contributed by atoms with E-state index in [1.54, 1.807) is 6.92 Å². The Hall–Kier alpha value is -1.69. The van der Waals surface area contributed by atoms with Crippen molar-refractivity contribution in [2.75, 3.05) is 6.54 Å². The van der Waals surface area contributed by atoms with Gasteiger partial charge in [0.05, 0.1) is 5.57 Å². The third-order valence-corrected chi connectivity index (χ3v) is 4.62. The van der Waals surface area contributed by atoms with Crippen LogP contribution in [0, 0.1) is 0 Å². The second-order valence-corrected chi connectivity index (χ2v) is 6.07. The van der Waals surface area contributed by atoms with Gasteiger partial charge in [0.2, 0.25) is 0 Å². The zero-order valence-electron chi connectivity index (χ0n) is 12.9. The molecule has 2 aliphatic rings. The Kier molecular flexibility index (Phi) is 5.01. The molecular weight excluding hydrogens is 286 g/mol. The summed E-state index contributed by atoms with van der Waals surface area (Å²) in [7, 11) is 0. The van der Waals surface area contributed by atoms with Gasteiger partial charge in [0.1, 0.15) is 5.60 Å². The summed E-state index contributed by atoms with van der Waals surface area (Å²) in [6.45, 7) is 2.10. The molecule has 0 aromatic heterocycles. The monoisotopic (exact) mass is 309 g/mol. The van der Waals surface area contributed by atoms with E-state index in [0.717, 1.165) is 19.3 Å². The molecule has 6 heteroatoms. The Morgan fingerprint density at radius 1 is 1.14 bits per heavy atom. The number of carboxylic acid groups (broad SMARTS) is 1. The van der Waals surface area contributed by atoms with Gasteiger partial charge in [-0.1, -0.05) is 26.2 Å². The lowest BCUT2D eigenvalue weighted by Gasteiger charge is -2.34. The van der Waals surface area contributed by atoms with Crippen LogP contribution < -0.4 is 0 Å². The van der Waals surface area contributed by atoms with Gasteiger partial charge in [0.15, 0.2) is 0 Å². The Morgan fingerprint density at radius 3 is 2.32 bits per heavy atom. The summed E-state index contributed by atoms with van der Waals surface area (Å²) in [5.41, 5.74) is -0.975. The van der Waals surface area contributed by atoms with Crippen LogP contribution in [0.3, 0.4) is 0 Å². The average molecular weight is 309 g/mol. The van der Waals surface area contributed by atoms with Gasteiger partial charge in [-0.2, -0.15) is 0 Å². The number of allylic oxidation sites excluding steroid dienone is 1. The molecule has 0 radical (unpaired) electrons. The minimum Gasteiger partial charge on any atom is -0.478 e. The molecule has 122 valence electrons. The highest BCUT2D eigenvalue weighted by molar-refractivity contribution is 6.39.